The van der Waals surface area contributed by atoms with E-state index in [-0.39, 0.29) is 5.78 Å². The lowest BCUT2D eigenvalue weighted by Crippen LogP contribution is -2.11. The van der Waals surface area contributed by atoms with E-state index in [4.69, 9.17) is 0 Å². The monoisotopic (exact) mass is 219 g/mol. The predicted molar refractivity (Wildman–Crippen MR) is 66.6 cm³/mol. The van der Waals surface area contributed by atoms with Gasteiger partial charge in [0.05, 0.1) is 0 Å². The highest BCUT2D eigenvalue weighted by Gasteiger charge is 2.15. The van der Waals surface area contributed by atoms with Gasteiger partial charge in [0.2, 0.25) is 0 Å². The van der Waals surface area contributed by atoms with Gasteiger partial charge in [-0.15, -0.1) is 0 Å². The van der Waals surface area contributed by atoms with Gasteiger partial charge in [0.15, 0.2) is 5.78 Å². The highest BCUT2D eigenvalue weighted by atomic mass is 16.1. The molecule has 0 atom stereocenters. The average molecular weight is 219 g/mol. The Kier molecular flexibility index (Phi) is 5.17. The van der Waals surface area contributed by atoms with Crippen LogP contribution in [0.5, 0.6) is 0 Å². The lowest BCUT2D eigenvalue weighted by atomic mass is 9.94. The van der Waals surface area contributed by atoms with Crippen molar-refractivity contribution < 1.29 is 4.79 Å². The molecule has 1 heterocycles. The smallest absolute Gasteiger partial charge is 0.181 e. The summed E-state index contributed by atoms with van der Waals surface area (Å²) in [7, 11) is 0. The molecular weight excluding hydrogens is 198 g/mol. The zero-order valence-corrected chi connectivity index (χ0v) is 10.5. The minimum absolute atomic E-state index is 0.200. The van der Waals surface area contributed by atoms with Gasteiger partial charge in [-0.25, -0.2) is 0 Å². The van der Waals surface area contributed by atoms with Crippen molar-refractivity contribution in [2.24, 2.45) is 5.92 Å². The fourth-order valence-electron chi connectivity index (χ4n) is 1.91. The zero-order chi connectivity index (χ0) is 12.0. The van der Waals surface area contributed by atoms with E-state index < -0.39 is 0 Å². The minimum atomic E-state index is 0.200. The molecule has 1 aromatic rings. The molecule has 2 nitrogen and oxygen atoms in total. The molecule has 0 aliphatic rings. The van der Waals surface area contributed by atoms with Crippen LogP contribution < -0.4 is 0 Å². The van der Waals surface area contributed by atoms with Crippen molar-refractivity contribution in [3.63, 3.8) is 0 Å². The Bertz CT molecular complexity index is 342. The van der Waals surface area contributed by atoms with Crippen molar-refractivity contribution >= 4 is 5.78 Å². The first-order valence-corrected chi connectivity index (χ1v) is 6.19. The van der Waals surface area contributed by atoms with Crippen LogP contribution in [0.15, 0.2) is 18.3 Å². The number of aryl methyl sites for hydroxylation is 1. The van der Waals surface area contributed by atoms with Gasteiger partial charge in [0.1, 0.15) is 5.69 Å². The molecule has 0 radical (unpaired) electrons. The molecule has 0 amide bonds. The first-order chi connectivity index (χ1) is 7.72. The number of hydrogen-bond donors (Lipinski definition) is 0. The molecule has 0 fully saturated rings. The molecule has 0 bridgehead atoms. The average Bonchev–Trinajstić information content (AvgIpc) is 2.35. The molecule has 0 unspecified atom stereocenters. The summed E-state index contributed by atoms with van der Waals surface area (Å²) in [6.07, 6.45) is 5.35. The number of pyridine rings is 1. The number of aromatic nitrogens is 1. The highest BCUT2D eigenvalue weighted by molar-refractivity contribution is 5.95. The third-order valence-corrected chi connectivity index (χ3v) is 3.17. The van der Waals surface area contributed by atoms with Gasteiger partial charge in [0.25, 0.3) is 0 Å². The van der Waals surface area contributed by atoms with Crippen LogP contribution in [0.3, 0.4) is 0 Å². The molecule has 1 rings (SSSR count). The molecule has 16 heavy (non-hydrogen) atoms. The van der Waals surface area contributed by atoms with Crippen molar-refractivity contribution in [3.8, 4) is 0 Å². The van der Waals surface area contributed by atoms with Crippen LogP contribution >= 0.6 is 0 Å². The van der Waals surface area contributed by atoms with E-state index in [1.807, 2.05) is 12.1 Å². The van der Waals surface area contributed by atoms with Gasteiger partial charge >= 0.3 is 0 Å². The van der Waals surface area contributed by atoms with Crippen molar-refractivity contribution in [1.82, 2.24) is 4.98 Å². The molecule has 2 heteroatoms. The predicted octanol–water partition coefficient (Wildman–Crippen LogP) is 3.65. The third-order valence-electron chi connectivity index (χ3n) is 3.17. The standard InChI is InChI=1S/C14H21NO/c1-4-11(5-2)10-13(16)14-12(6-3)8-7-9-15-14/h7-9,11H,4-6,10H2,1-3H3. The van der Waals surface area contributed by atoms with E-state index in [1.165, 1.54) is 0 Å². The summed E-state index contributed by atoms with van der Waals surface area (Å²) < 4.78 is 0. The van der Waals surface area contributed by atoms with Gasteiger partial charge in [-0.05, 0) is 24.0 Å². The summed E-state index contributed by atoms with van der Waals surface area (Å²) in [6.45, 7) is 6.34. The van der Waals surface area contributed by atoms with Crippen LogP contribution in [-0.4, -0.2) is 10.8 Å². The Morgan fingerprint density at radius 3 is 2.56 bits per heavy atom. The van der Waals surface area contributed by atoms with Crippen LogP contribution in [0.25, 0.3) is 0 Å². The van der Waals surface area contributed by atoms with Crippen molar-refractivity contribution in [2.75, 3.05) is 0 Å². The Morgan fingerprint density at radius 2 is 2.00 bits per heavy atom. The summed E-state index contributed by atoms with van der Waals surface area (Å²) in [6, 6.07) is 3.89. The van der Waals surface area contributed by atoms with Gasteiger partial charge in [-0.2, -0.15) is 0 Å². The number of carbonyl (C=O) groups excluding carboxylic acids is 1. The molecule has 0 aliphatic heterocycles. The number of hydrogen-bond acceptors (Lipinski definition) is 2. The fraction of sp³-hybridized carbons (Fsp3) is 0.571. The molecule has 0 N–H and O–H groups in total. The maximum absolute atomic E-state index is 12.1. The molecule has 1 aromatic heterocycles. The lowest BCUT2D eigenvalue weighted by Gasteiger charge is -2.11. The normalized spacial score (nSPS) is 10.8. The first kappa shape index (κ1) is 12.9. The SMILES string of the molecule is CCc1cccnc1C(=O)CC(CC)CC. The van der Waals surface area contributed by atoms with Gasteiger partial charge in [-0.1, -0.05) is 39.7 Å². The Morgan fingerprint density at radius 1 is 1.31 bits per heavy atom. The minimum Gasteiger partial charge on any atom is -0.292 e. The van der Waals surface area contributed by atoms with E-state index in [2.05, 4.69) is 25.8 Å². The number of carbonyl (C=O) groups is 1. The van der Waals surface area contributed by atoms with Crippen LogP contribution in [0.2, 0.25) is 0 Å². The molecule has 0 aromatic carbocycles. The number of Topliss-reactive ketones (excluding diaryl/α,β-unsaturated/α-hetero) is 1. The maximum atomic E-state index is 12.1. The second-order valence-electron chi connectivity index (χ2n) is 4.17. The van der Waals surface area contributed by atoms with Crippen LogP contribution in [0.4, 0.5) is 0 Å². The van der Waals surface area contributed by atoms with Gasteiger partial charge in [-0.3, -0.25) is 9.78 Å². The zero-order valence-electron chi connectivity index (χ0n) is 10.5. The quantitative estimate of drug-likeness (QED) is 0.683. The summed E-state index contributed by atoms with van der Waals surface area (Å²) >= 11 is 0. The molecule has 88 valence electrons. The molecule has 0 saturated heterocycles. The van der Waals surface area contributed by atoms with E-state index in [9.17, 15) is 4.79 Å². The largest absolute Gasteiger partial charge is 0.292 e. The molecule has 0 saturated carbocycles. The van der Waals surface area contributed by atoms with Gasteiger partial charge < -0.3 is 0 Å². The second kappa shape index (κ2) is 6.41. The Labute approximate surface area is 98.1 Å². The second-order valence-corrected chi connectivity index (χ2v) is 4.17. The Balaban J connectivity index is 2.79. The summed E-state index contributed by atoms with van der Waals surface area (Å²) in [5.74, 6) is 0.699. The van der Waals surface area contributed by atoms with E-state index in [0.29, 0.717) is 18.0 Å². The van der Waals surface area contributed by atoms with E-state index in [0.717, 1.165) is 24.8 Å². The number of rotatable bonds is 6. The summed E-state index contributed by atoms with van der Waals surface area (Å²) in [4.78, 5) is 16.3. The van der Waals surface area contributed by atoms with E-state index >= 15 is 0 Å². The first-order valence-electron chi connectivity index (χ1n) is 6.19. The lowest BCUT2D eigenvalue weighted by molar-refractivity contribution is 0.0953. The van der Waals surface area contributed by atoms with Crippen LogP contribution in [-0.2, 0) is 6.42 Å². The van der Waals surface area contributed by atoms with Crippen molar-refractivity contribution in [1.29, 1.82) is 0 Å². The third kappa shape index (κ3) is 3.16. The summed E-state index contributed by atoms with van der Waals surface area (Å²) in [5.41, 5.74) is 1.75. The molecular formula is C14H21NO. The van der Waals surface area contributed by atoms with Crippen LogP contribution in [0.1, 0.15) is 56.1 Å². The van der Waals surface area contributed by atoms with Crippen molar-refractivity contribution in [2.45, 2.75) is 46.5 Å². The molecule has 0 aliphatic carbocycles. The maximum Gasteiger partial charge on any atom is 0.181 e. The summed E-state index contributed by atoms with van der Waals surface area (Å²) in [5, 5.41) is 0. The number of nitrogens with zero attached hydrogens (tertiary/aromatic N) is 1. The topological polar surface area (TPSA) is 30.0 Å². The molecule has 0 spiro atoms. The van der Waals surface area contributed by atoms with Crippen molar-refractivity contribution in [3.05, 3.63) is 29.6 Å². The fourth-order valence-corrected chi connectivity index (χ4v) is 1.91. The van der Waals surface area contributed by atoms with Gasteiger partial charge in [0, 0.05) is 12.6 Å². The van der Waals surface area contributed by atoms with Crippen LogP contribution in [0, 0.1) is 5.92 Å². The number of ketones is 1. The Hall–Kier alpha value is -1.18. The highest BCUT2D eigenvalue weighted by Crippen LogP contribution is 2.17. The van der Waals surface area contributed by atoms with E-state index in [1.54, 1.807) is 6.20 Å².